The van der Waals surface area contributed by atoms with Crippen LogP contribution >= 0.6 is 24.0 Å². The van der Waals surface area contributed by atoms with Crippen LogP contribution < -0.4 is 5.32 Å². The number of hydrogen-bond donors (Lipinski definition) is 1. The predicted molar refractivity (Wildman–Crippen MR) is 105 cm³/mol. The Bertz CT molecular complexity index is 600. The molecule has 0 spiro atoms. The first kappa shape index (κ1) is 20.8. The molecule has 1 aliphatic rings. The van der Waals surface area contributed by atoms with Gasteiger partial charge in [0.2, 0.25) is 0 Å². The van der Waals surface area contributed by atoms with Gasteiger partial charge in [-0.25, -0.2) is 4.79 Å². The number of furan rings is 1. The monoisotopic (exact) mass is 449 g/mol. The van der Waals surface area contributed by atoms with Crippen LogP contribution in [0.5, 0.6) is 0 Å². The smallest absolute Gasteiger partial charge is 0.341 e. The first-order valence-corrected chi connectivity index (χ1v) is 8.05. The number of rotatable bonds is 4. The van der Waals surface area contributed by atoms with Crippen molar-refractivity contribution in [1.82, 2.24) is 10.2 Å². The van der Waals surface area contributed by atoms with Crippen LogP contribution in [0.3, 0.4) is 0 Å². The molecular weight excluding hydrogens is 421 g/mol. The molecule has 0 radical (unpaired) electrons. The second-order valence-corrected chi connectivity index (χ2v) is 6.41. The van der Waals surface area contributed by atoms with E-state index < -0.39 is 0 Å². The number of aryl methyl sites for hydroxylation is 1. The van der Waals surface area contributed by atoms with E-state index >= 15 is 0 Å². The Balaban J connectivity index is 0.00000288. The van der Waals surface area contributed by atoms with Crippen LogP contribution in [-0.4, -0.2) is 44.1 Å². The van der Waals surface area contributed by atoms with E-state index in [-0.39, 0.29) is 29.9 Å². The van der Waals surface area contributed by atoms with Crippen LogP contribution in [-0.2, 0) is 11.3 Å². The highest BCUT2D eigenvalue weighted by atomic mass is 127. The molecular formula is C17H28IN3O3. The number of hydrogen-bond acceptors (Lipinski definition) is 4. The topological polar surface area (TPSA) is 67.1 Å². The van der Waals surface area contributed by atoms with Crippen molar-refractivity contribution in [3.05, 3.63) is 23.2 Å². The minimum atomic E-state index is -0.375. The number of esters is 1. The third-order valence-corrected chi connectivity index (χ3v) is 4.72. The summed E-state index contributed by atoms with van der Waals surface area (Å²) in [5.74, 6) is 1.76. The lowest BCUT2D eigenvalue weighted by Gasteiger charge is -2.25. The van der Waals surface area contributed by atoms with Gasteiger partial charge in [-0.15, -0.1) is 24.0 Å². The molecule has 1 fully saturated rings. The zero-order valence-corrected chi connectivity index (χ0v) is 17.5. The predicted octanol–water partition coefficient (Wildman–Crippen LogP) is 3.19. The van der Waals surface area contributed by atoms with E-state index in [4.69, 9.17) is 9.15 Å². The lowest BCUT2D eigenvalue weighted by Crippen LogP contribution is -2.40. The Morgan fingerprint density at radius 3 is 2.79 bits per heavy atom. The summed E-state index contributed by atoms with van der Waals surface area (Å²) in [4.78, 5) is 18.3. The van der Waals surface area contributed by atoms with Gasteiger partial charge in [-0.1, -0.05) is 13.8 Å². The van der Waals surface area contributed by atoms with Gasteiger partial charge < -0.3 is 19.4 Å². The number of aliphatic imine (C=N–C) groups is 1. The minimum Gasteiger partial charge on any atom is -0.465 e. The summed E-state index contributed by atoms with van der Waals surface area (Å²) < 4.78 is 10.4. The Kier molecular flexibility index (Phi) is 7.56. The quantitative estimate of drug-likeness (QED) is 0.331. The third kappa shape index (κ3) is 4.64. The number of halogens is 1. The molecule has 1 N–H and O–H groups in total. The van der Waals surface area contributed by atoms with Gasteiger partial charge in [0.25, 0.3) is 0 Å². The van der Waals surface area contributed by atoms with Gasteiger partial charge in [0.1, 0.15) is 17.1 Å². The van der Waals surface area contributed by atoms with E-state index in [9.17, 15) is 4.79 Å². The van der Waals surface area contributed by atoms with Crippen LogP contribution in [0.25, 0.3) is 0 Å². The van der Waals surface area contributed by atoms with Gasteiger partial charge in [0.15, 0.2) is 5.96 Å². The number of carbonyl (C=O) groups excluding carboxylic acids is 1. The summed E-state index contributed by atoms with van der Waals surface area (Å²) in [6, 6.07) is 1.72. The molecule has 0 aliphatic carbocycles. The highest BCUT2D eigenvalue weighted by Crippen LogP contribution is 2.32. The number of guanidine groups is 1. The fraction of sp³-hybridized carbons (Fsp3) is 0.647. The molecule has 0 amide bonds. The van der Waals surface area contributed by atoms with Crippen LogP contribution in [0.4, 0.5) is 0 Å². The standard InChI is InChI=1S/C17H27N3O3.HI/c1-6-17(3)7-8-20(11-17)16(18-4)19-10-13-9-14(12(2)23-13)15(21)22-5;/h9H,6-8,10-11H2,1-5H3,(H,18,19);1H. The van der Waals surface area contributed by atoms with Crippen molar-refractivity contribution in [2.45, 2.75) is 40.2 Å². The van der Waals surface area contributed by atoms with Crippen LogP contribution in [0.2, 0.25) is 0 Å². The molecule has 24 heavy (non-hydrogen) atoms. The fourth-order valence-electron chi connectivity index (χ4n) is 2.94. The number of ether oxygens (including phenoxy) is 1. The maximum Gasteiger partial charge on any atom is 0.341 e. The fourth-order valence-corrected chi connectivity index (χ4v) is 2.94. The molecule has 2 heterocycles. The van der Waals surface area contributed by atoms with Gasteiger partial charge >= 0.3 is 5.97 Å². The summed E-state index contributed by atoms with van der Waals surface area (Å²) in [5, 5.41) is 3.32. The van der Waals surface area contributed by atoms with Gasteiger partial charge in [-0.05, 0) is 31.2 Å². The molecule has 136 valence electrons. The van der Waals surface area contributed by atoms with E-state index in [0.717, 1.165) is 19.0 Å². The van der Waals surface area contributed by atoms with E-state index in [1.54, 1.807) is 20.0 Å². The molecule has 1 aromatic rings. The molecule has 0 saturated carbocycles. The zero-order chi connectivity index (χ0) is 17.0. The van der Waals surface area contributed by atoms with E-state index in [1.807, 2.05) is 0 Å². The average Bonchev–Trinajstić information content (AvgIpc) is 3.11. The highest BCUT2D eigenvalue weighted by molar-refractivity contribution is 14.0. The van der Waals surface area contributed by atoms with Crippen molar-refractivity contribution in [2.24, 2.45) is 10.4 Å². The van der Waals surface area contributed by atoms with Crippen molar-refractivity contribution in [3.63, 3.8) is 0 Å². The number of methoxy groups -OCH3 is 1. The normalized spacial score (nSPS) is 20.7. The molecule has 0 bridgehead atoms. The number of carbonyl (C=O) groups is 1. The van der Waals surface area contributed by atoms with Crippen molar-refractivity contribution in [2.75, 3.05) is 27.2 Å². The first-order chi connectivity index (χ1) is 10.9. The average molecular weight is 449 g/mol. The summed E-state index contributed by atoms with van der Waals surface area (Å²) in [7, 11) is 3.16. The van der Waals surface area contributed by atoms with Gasteiger partial charge in [0.05, 0.1) is 13.7 Å². The molecule has 1 atom stereocenters. The zero-order valence-electron chi connectivity index (χ0n) is 15.1. The largest absolute Gasteiger partial charge is 0.465 e. The van der Waals surface area contributed by atoms with Gasteiger partial charge in [-0.2, -0.15) is 0 Å². The molecule has 1 saturated heterocycles. The molecule has 1 aliphatic heterocycles. The molecule has 7 heteroatoms. The third-order valence-electron chi connectivity index (χ3n) is 4.72. The molecule has 0 aromatic carbocycles. The highest BCUT2D eigenvalue weighted by Gasteiger charge is 2.33. The summed E-state index contributed by atoms with van der Waals surface area (Å²) >= 11 is 0. The molecule has 6 nitrogen and oxygen atoms in total. The molecule has 2 rings (SSSR count). The van der Waals surface area contributed by atoms with Crippen LogP contribution in [0, 0.1) is 12.3 Å². The van der Waals surface area contributed by atoms with Crippen LogP contribution in [0.15, 0.2) is 15.5 Å². The van der Waals surface area contributed by atoms with Crippen molar-refractivity contribution >= 4 is 35.9 Å². The number of nitrogens with one attached hydrogen (secondary N) is 1. The summed E-state index contributed by atoms with van der Waals surface area (Å²) in [6.07, 6.45) is 2.34. The Morgan fingerprint density at radius 1 is 1.54 bits per heavy atom. The van der Waals surface area contributed by atoms with Crippen molar-refractivity contribution in [1.29, 1.82) is 0 Å². The summed E-state index contributed by atoms with van der Waals surface area (Å²) in [6.45, 7) is 8.82. The minimum absolute atomic E-state index is 0. The Hall–Kier alpha value is -1.25. The maximum absolute atomic E-state index is 11.6. The first-order valence-electron chi connectivity index (χ1n) is 8.05. The summed E-state index contributed by atoms with van der Waals surface area (Å²) in [5.41, 5.74) is 0.829. The Labute approximate surface area is 161 Å². The lowest BCUT2D eigenvalue weighted by atomic mass is 9.87. The Morgan fingerprint density at radius 2 is 2.25 bits per heavy atom. The molecule has 1 aromatic heterocycles. The van der Waals surface area contributed by atoms with E-state index in [1.165, 1.54) is 20.0 Å². The SMILES string of the molecule is CCC1(C)CCN(C(=NC)NCc2cc(C(=O)OC)c(C)o2)C1.I. The van der Waals surface area contributed by atoms with E-state index in [2.05, 4.69) is 29.1 Å². The van der Waals surface area contributed by atoms with Crippen molar-refractivity contribution in [3.8, 4) is 0 Å². The lowest BCUT2D eigenvalue weighted by molar-refractivity contribution is 0.0599. The van der Waals surface area contributed by atoms with E-state index in [0.29, 0.717) is 29.0 Å². The van der Waals surface area contributed by atoms with Crippen LogP contribution in [0.1, 0.15) is 48.6 Å². The van der Waals surface area contributed by atoms with Crippen molar-refractivity contribution < 1.29 is 13.9 Å². The molecule has 1 unspecified atom stereocenters. The number of likely N-dealkylation sites (tertiary alicyclic amines) is 1. The second-order valence-electron chi connectivity index (χ2n) is 6.41. The van der Waals surface area contributed by atoms with Gasteiger partial charge in [0, 0.05) is 20.1 Å². The second kappa shape index (κ2) is 8.73. The number of nitrogens with zero attached hydrogens (tertiary/aromatic N) is 2. The van der Waals surface area contributed by atoms with Gasteiger partial charge in [-0.3, -0.25) is 4.99 Å². The maximum atomic E-state index is 11.6.